The summed E-state index contributed by atoms with van der Waals surface area (Å²) in [6.07, 6.45) is 1.11. The fraction of sp³-hybridized carbons (Fsp3) is 0.500. The minimum Gasteiger partial charge on any atom is -0.469 e. The number of methoxy groups -OCH3 is 1. The number of hydrogen-bond acceptors (Lipinski definition) is 4. The van der Waals surface area contributed by atoms with Crippen molar-refractivity contribution in [3.8, 4) is 0 Å². The number of benzene rings is 1. The number of carbonyl (C=O) groups excluding carboxylic acids is 1. The maximum atomic E-state index is 12.1. The second-order valence-corrected chi connectivity index (χ2v) is 5.30. The Kier molecular flexibility index (Phi) is 2.47. The van der Waals surface area contributed by atoms with Gasteiger partial charge in [0.25, 0.3) is 0 Å². The molecular formula is C14H17NO3. The van der Waals surface area contributed by atoms with Gasteiger partial charge in [0.2, 0.25) is 0 Å². The molecule has 3 fully saturated rings. The molecule has 4 rings (SSSR count). The normalized spacial score (nSPS) is 37.1. The molecule has 96 valence electrons. The quantitative estimate of drug-likeness (QED) is 0.820. The lowest BCUT2D eigenvalue weighted by Crippen LogP contribution is -2.53. The van der Waals surface area contributed by atoms with Crippen molar-refractivity contribution in [3.63, 3.8) is 0 Å². The van der Waals surface area contributed by atoms with Crippen molar-refractivity contribution < 1.29 is 14.3 Å². The van der Waals surface area contributed by atoms with Gasteiger partial charge in [0.05, 0.1) is 18.8 Å². The molecule has 0 radical (unpaired) electrons. The van der Waals surface area contributed by atoms with Crippen LogP contribution in [0.4, 0.5) is 0 Å². The van der Waals surface area contributed by atoms with Gasteiger partial charge in [0.15, 0.2) is 0 Å². The smallest absolute Gasteiger partial charge is 0.315 e. The summed E-state index contributed by atoms with van der Waals surface area (Å²) < 4.78 is 11.0. The summed E-state index contributed by atoms with van der Waals surface area (Å²) in [5.74, 6) is -0.182. The fourth-order valence-electron chi connectivity index (χ4n) is 3.39. The Balaban J connectivity index is 1.97. The van der Waals surface area contributed by atoms with Gasteiger partial charge in [0, 0.05) is 6.54 Å². The summed E-state index contributed by atoms with van der Waals surface area (Å²) in [4.78, 5) is 12.1. The van der Waals surface area contributed by atoms with Crippen molar-refractivity contribution in [1.82, 2.24) is 0 Å². The van der Waals surface area contributed by atoms with Gasteiger partial charge in [-0.1, -0.05) is 30.3 Å². The number of fused-ring (bicyclic) bond motifs is 1. The third-order valence-corrected chi connectivity index (χ3v) is 4.21. The molecule has 4 nitrogen and oxygen atoms in total. The highest BCUT2D eigenvalue weighted by molar-refractivity contribution is 5.80. The molecular weight excluding hydrogens is 230 g/mol. The van der Waals surface area contributed by atoms with Crippen LogP contribution in [0.25, 0.3) is 0 Å². The standard InChI is InChI=1S/C14H17NO3/c1-17-12(16)14-7-13(8-14,9-15)18-11(14)10-5-3-2-4-6-10/h2-6,11H,7-9,15H2,1H3. The average molecular weight is 247 g/mol. The van der Waals surface area contributed by atoms with Crippen LogP contribution in [0.1, 0.15) is 24.5 Å². The lowest BCUT2D eigenvalue weighted by Gasteiger charge is -2.42. The topological polar surface area (TPSA) is 61.5 Å². The first-order chi connectivity index (χ1) is 8.66. The number of nitrogens with two attached hydrogens (primary N) is 1. The first-order valence-corrected chi connectivity index (χ1v) is 6.17. The molecule has 2 aliphatic heterocycles. The molecule has 1 aromatic rings. The Morgan fingerprint density at radius 1 is 1.44 bits per heavy atom. The maximum Gasteiger partial charge on any atom is 0.315 e. The van der Waals surface area contributed by atoms with Crippen LogP contribution in [-0.4, -0.2) is 25.2 Å². The van der Waals surface area contributed by atoms with Crippen molar-refractivity contribution in [3.05, 3.63) is 35.9 Å². The summed E-state index contributed by atoms with van der Waals surface area (Å²) in [7, 11) is 1.43. The molecule has 3 aliphatic rings. The SMILES string of the molecule is COC(=O)C12CC(CN)(C1)OC2c1ccccc1. The highest BCUT2D eigenvalue weighted by Gasteiger charge is 2.71. The van der Waals surface area contributed by atoms with E-state index in [-0.39, 0.29) is 17.7 Å². The second kappa shape index (κ2) is 3.80. The van der Waals surface area contributed by atoms with Crippen LogP contribution >= 0.6 is 0 Å². The number of ether oxygens (including phenoxy) is 2. The van der Waals surface area contributed by atoms with E-state index in [4.69, 9.17) is 15.2 Å². The monoisotopic (exact) mass is 247 g/mol. The first kappa shape index (κ1) is 11.7. The molecule has 1 unspecified atom stereocenters. The van der Waals surface area contributed by atoms with Gasteiger partial charge < -0.3 is 15.2 Å². The maximum absolute atomic E-state index is 12.1. The molecule has 18 heavy (non-hydrogen) atoms. The Morgan fingerprint density at radius 2 is 2.11 bits per heavy atom. The van der Waals surface area contributed by atoms with E-state index in [2.05, 4.69) is 0 Å². The Hall–Kier alpha value is -1.39. The van der Waals surface area contributed by atoms with E-state index in [0.717, 1.165) is 5.56 Å². The van der Waals surface area contributed by atoms with E-state index in [1.807, 2.05) is 30.3 Å². The van der Waals surface area contributed by atoms with E-state index in [9.17, 15) is 4.79 Å². The third kappa shape index (κ3) is 1.36. The predicted molar refractivity (Wildman–Crippen MR) is 65.7 cm³/mol. The summed E-state index contributed by atoms with van der Waals surface area (Å²) in [5.41, 5.74) is 5.94. The largest absolute Gasteiger partial charge is 0.469 e. The van der Waals surface area contributed by atoms with Gasteiger partial charge in [0.1, 0.15) is 5.41 Å². The third-order valence-electron chi connectivity index (χ3n) is 4.21. The van der Waals surface area contributed by atoms with E-state index < -0.39 is 5.41 Å². The fourth-order valence-corrected chi connectivity index (χ4v) is 3.39. The molecule has 0 aromatic heterocycles. The number of rotatable bonds is 3. The Bertz CT molecular complexity index is 465. The average Bonchev–Trinajstić information content (AvgIpc) is 2.90. The van der Waals surface area contributed by atoms with Gasteiger partial charge in [-0.25, -0.2) is 0 Å². The van der Waals surface area contributed by atoms with Crippen molar-refractivity contribution in [1.29, 1.82) is 0 Å². The number of hydrogen-bond donors (Lipinski definition) is 1. The number of carbonyl (C=O) groups is 1. The molecule has 1 saturated carbocycles. The van der Waals surface area contributed by atoms with Crippen LogP contribution in [0.5, 0.6) is 0 Å². The molecule has 2 saturated heterocycles. The molecule has 0 amide bonds. The van der Waals surface area contributed by atoms with Crippen LogP contribution in [0.2, 0.25) is 0 Å². The summed E-state index contributed by atoms with van der Waals surface area (Å²) in [6.45, 7) is 0.453. The zero-order valence-electron chi connectivity index (χ0n) is 10.4. The van der Waals surface area contributed by atoms with E-state index in [1.54, 1.807) is 0 Å². The van der Waals surface area contributed by atoms with Gasteiger partial charge in [-0.05, 0) is 18.4 Å². The minimum atomic E-state index is -0.532. The lowest BCUT2D eigenvalue weighted by molar-refractivity contribution is -0.158. The number of esters is 1. The molecule has 1 aliphatic carbocycles. The molecule has 1 aromatic carbocycles. The zero-order chi connectivity index (χ0) is 12.8. The van der Waals surface area contributed by atoms with Crippen LogP contribution in [-0.2, 0) is 14.3 Å². The lowest BCUT2D eigenvalue weighted by atomic mass is 9.59. The van der Waals surface area contributed by atoms with Gasteiger partial charge >= 0.3 is 5.97 Å². The van der Waals surface area contributed by atoms with E-state index >= 15 is 0 Å². The van der Waals surface area contributed by atoms with Gasteiger partial charge in [-0.3, -0.25) is 4.79 Å². The molecule has 1 atom stereocenters. The first-order valence-electron chi connectivity index (χ1n) is 6.17. The van der Waals surface area contributed by atoms with E-state index in [0.29, 0.717) is 19.4 Å². The summed E-state index contributed by atoms with van der Waals surface area (Å²) in [5, 5.41) is 0. The molecule has 2 N–H and O–H groups in total. The van der Waals surface area contributed by atoms with Crippen molar-refractivity contribution in [2.45, 2.75) is 24.5 Å². The van der Waals surface area contributed by atoms with Crippen LogP contribution < -0.4 is 5.73 Å². The molecule has 2 heterocycles. The molecule has 0 spiro atoms. The van der Waals surface area contributed by atoms with Crippen molar-refractivity contribution in [2.24, 2.45) is 11.1 Å². The van der Waals surface area contributed by atoms with Gasteiger partial charge in [-0.2, -0.15) is 0 Å². The Labute approximate surface area is 106 Å². The van der Waals surface area contributed by atoms with Crippen LogP contribution in [0.15, 0.2) is 30.3 Å². The predicted octanol–water partition coefficient (Wildman–Crippen LogP) is 1.41. The highest BCUT2D eigenvalue weighted by Crippen LogP contribution is 2.67. The van der Waals surface area contributed by atoms with Crippen LogP contribution in [0.3, 0.4) is 0 Å². The van der Waals surface area contributed by atoms with Crippen molar-refractivity contribution >= 4 is 5.97 Å². The zero-order valence-corrected chi connectivity index (χ0v) is 10.4. The highest BCUT2D eigenvalue weighted by atomic mass is 16.6. The van der Waals surface area contributed by atoms with Gasteiger partial charge in [-0.15, -0.1) is 0 Å². The second-order valence-electron chi connectivity index (χ2n) is 5.30. The summed E-state index contributed by atoms with van der Waals surface area (Å²) in [6, 6.07) is 9.83. The minimum absolute atomic E-state index is 0.182. The van der Waals surface area contributed by atoms with E-state index in [1.165, 1.54) is 7.11 Å². The molecule has 2 bridgehead atoms. The van der Waals surface area contributed by atoms with Crippen LogP contribution in [0, 0.1) is 5.41 Å². The Morgan fingerprint density at radius 3 is 2.67 bits per heavy atom. The van der Waals surface area contributed by atoms with Crippen molar-refractivity contribution in [2.75, 3.05) is 13.7 Å². The summed E-state index contributed by atoms with van der Waals surface area (Å²) >= 11 is 0. The molecule has 4 heteroatoms.